The summed E-state index contributed by atoms with van der Waals surface area (Å²) < 4.78 is 11.4. The SMILES string of the molecule is CCCCc1ccc(OCc2ccc(OCCC)cc2)cc1. The zero-order valence-corrected chi connectivity index (χ0v) is 13.7. The van der Waals surface area contributed by atoms with Gasteiger partial charge in [0.15, 0.2) is 0 Å². The summed E-state index contributed by atoms with van der Waals surface area (Å²) in [5.41, 5.74) is 2.53. The quantitative estimate of drug-likeness (QED) is 0.617. The molecule has 2 nitrogen and oxygen atoms in total. The van der Waals surface area contributed by atoms with Gasteiger partial charge in [-0.05, 0) is 54.7 Å². The van der Waals surface area contributed by atoms with Gasteiger partial charge in [-0.3, -0.25) is 0 Å². The first kappa shape index (κ1) is 16.4. The normalized spacial score (nSPS) is 10.5. The lowest BCUT2D eigenvalue weighted by atomic mass is 10.1. The van der Waals surface area contributed by atoms with Crippen LogP contribution in [0.5, 0.6) is 11.5 Å². The highest BCUT2D eigenvalue weighted by Crippen LogP contribution is 2.17. The van der Waals surface area contributed by atoms with Gasteiger partial charge in [0.2, 0.25) is 0 Å². The van der Waals surface area contributed by atoms with Crippen molar-refractivity contribution in [2.24, 2.45) is 0 Å². The Labute approximate surface area is 134 Å². The predicted molar refractivity (Wildman–Crippen MR) is 91.6 cm³/mol. The zero-order chi connectivity index (χ0) is 15.6. The Morgan fingerprint density at radius 2 is 1.27 bits per heavy atom. The van der Waals surface area contributed by atoms with Crippen molar-refractivity contribution in [1.82, 2.24) is 0 Å². The van der Waals surface area contributed by atoms with E-state index in [-0.39, 0.29) is 0 Å². The van der Waals surface area contributed by atoms with Gasteiger partial charge in [-0.25, -0.2) is 0 Å². The second-order valence-corrected chi connectivity index (χ2v) is 5.53. The lowest BCUT2D eigenvalue weighted by molar-refractivity contribution is 0.304. The Balaban J connectivity index is 1.81. The maximum atomic E-state index is 5.83. The number of aryl methyl sites for hydroxylation is 1. The maximum Gasteiger partial charge on any atom is 0.119 e. The Kier molecular flexibility index (Phi) is 6.82. The molecule has 0 saturated carbocycles. The van der Waals surface area contributed by atoms with Gasteiger partial charge in [0.1, 0.15) is 18.1 Å². The van der Waals surface area contributed by atoms with Crippen LogP contribution in [0, 0.1) is 0 Å². The molecule has 2 rings (SSSR count). The molecule has 0 fully saturated rings. The minimum Gasteiger partial charge on any atom is -0.494 e. The summed E-state index contributed by atoms with van der Waals surface area (Å²) in [6.45, 7) is 5.67. The minimum atomic E-state index is 0.586. The first-order chi connectivity index (χ1) is 10.8. The van der Waals surface area contributed by atoms with Crippen LogP contribution in [-0.4, -0.2) is 6.61 Å². The average molecular weight is 298 g/mol. The third-order valence-corrected chi connectivity index (χ3v) is 3.54. The molecule has 0 aliphatic heterocycles. The molecule has 0 aliphatic rings. The van der Waals surface area contributed by atoms with Crippen LogP contribution in [-0.2, 0) is 13.0 Å². The molecular formula is C20H26O2. The average Bonchev–Trinajstić information content (AvgIpc) is 2.58. The first-order valence-electron chi connectivity index (χ1n) is 8.25. The monoisotopic (exact) mass is 298 g/mol. The second kappa shape index (κ2) is 9.14. The van der Waals surface area contributed by atoms with E-state index in [9.17, 15) is 0 Å². The lowest BCUT2D eigenvalue weighted by Crippen LogP contribution is -1.97. The topological polar surface area (TPSA) is 18.5 Å². The number of ether oxygens (including phenoxy) is 2. The van der Waals surface area contributed by atoms with Gasteiger partial charge < -0.3 is 9.47 Å². The van der Waals surface area contributed by atoms with Gasteiger partial charge >= 0.3 is 0 Å². The summed E-state index contributed by atoms with van der Waals surface area (Å²) >= 11 is 0. The van der Waals surface area contributed by atoms with Gasteiger partial charge in [0.05, 0.1) is 6.61 Å². The van der Waals surface area contributed by atoms with Crippen LogP contribution in [0.3, 0.4) is 0 Å². The standard InChI is InChI=1S/C20H26O2/c1-3-5-6-17-7-11-20(12-8-17)22-16-18-9-13-19(14-10-18)21-15-4-2/h7-14H,3-6,15-16H2,1-2H3. The largest absolute Gasteiger partial charge is 0.494 e. The van der Waals surface area contributed by atoms with E-state index in [0.29, 0.717) is 6.61 Å². The second-order valence-electron chi connectivity index (χ2n) is 5.53. The van der Waals surface area contributed by atoms with E-state index < -0.39 is 0 Å². The number of rotatable bonds is 9. The van der Waals surface area contributed by atoms with Gasteiger partial charge in [0.25, 0.3) is 0 Å². The van der Waals surface area contributed by atoms with Crippen molar-refractivity contribution in [2.75, 3.05) is 6.61 Å². The van der Waals surface area contributed by atoms with E-state index in [2.05, 4.69) is 50.2 Å². The molecule has 0 bridgehead atoms. The van der Waals surface area contributed by atoms with E-state index in [1.54, 1.807) is 0 Å². The molecule has 0 aromatic heterocycles. The van der Waals surface area contributed by atoms with E-state index in [1.165, 1.54) is 18.4 Å². The molecule has 22 heavy (non-hydrogen) atoms. The summed E-state index contributed by atoms with van der Waals surface area (Å²) in [6.07, 6.45) is 4.65. The maximum absolute atomic E-state index is 5.83. The number of benzene rings is 2. The molecule has 0 atom stereocenters. The fraction of sp³-hybridized carbons (Fsp3) is 0.400. The summed E-state index contributed by atoms with van der Waals surface area (Å²) in [4.78, 5) is 0. The highest BCUT2D eigenvalue weighted by molar-refractivity contribution is 5.29. The van der Waals surface area contributed by atoms with Crippen LogP contribution in [0.25, 0.3) is 0 Å². The molecule has 0 heterocycles. The van der Waals surface area contributed by atoms with Crippen LogP contribution in [0.4, 0.5) is 0 Å². The fourth-order valence-corrected chi connectivity index (χ4v) is 2.20. The van der Waals surface area contributed by atoms with Crippen LogP contribution < -0.4 is 9.47 Å². The summed E-state index contributed by atoms with van der Waals surface area (Å²) in [5, 5.41) is 0. The van der Waals surface area contributed by atoms with Crippen molar-refractivity contribution in [1.29, 1.82) is 0 Å². The Bertz CT molecular complexity index is 477. The molecule has 2 aromatic rings. The van der Waals surface area contributed by atoms with Gasteiger partial charge in [-0.2, -0.15) is 0 Å². The molecule has 118 valence electrons. The minimum absolute atomic E-state index is 0.586. The number of hydrogen-bond donors (Lipinski definition) is 0. The van der Waals surface area contributed by atoms with Gasteiger partial charge in [0, 0.05) is 0 Å². The summed E-state index contributed by atoms with van der Waals surface area (Å²) in [7, 11) is 0. The highest BCUT2D eigenvalue weighted by atomic mass is 16.5. The molecule has 0 amide bonds. The molecule has 2 aromatic carbocycles. The molecule has 0 aliphatic carbocycles. The van der Waals surface area contributed by atoms with E-state index in [1.807, 2.05) is 12.1 Å². The molecule has 0 saturated heterocycles. The van der Waals surface area contributed by atoms with Crippen molar-refractivity contribution in [3.8, 4) is 11.5 Å². The Morgan fingerprint density at radius 1 is 0.682 bits per heavy atom. The van der Waals surface area contributed by atoms with E-state index in [0.717, 1.165) is 36.5 Å². The van der Waals surface area contributed by atoms with Crippen molar-refractivity contribution >= 4 is 0 Å². The van der Waals surface area contributed by atoms with Crippen LogP contribution in [0.1, 0.15) is 44.2 Å². The summed E-state index contributed by atoms with van der Waals surface area (Å²) in [5.74, 6) is 1.84. The van der Waals surface area contributed by atoms with E-state index in [4.69, 9.17) is 9.47 Å². The molecule has 0 spiro atoms. The summed E-state index contributed by atoms with van der Waals surface area (Å²) in [6, 6.07) is 16.6. The molecule has 2 heteroatoms. The fourth-order valence-electron chi connectivity index (χ4n) is 2.20. The van der Waals surface area contributed by atoms with Crippen molar-refractivity contribution < 1.29 is 9.47 Å². The number of hydrogen-bond acceptors (Lipinski definition) is 2. The van der Waals surface area contributed by atoms with E-state index >= 15 is 0 Å². The third-order valence-electron chi connectivity index (χ3n) is 3.54. The van der Waals surface area contributed by atoms with Crippen LogP contribution in [0.2, 0.25) is 0 Å². The van der Waals surface area contributed by atoms with Crippen molar-refractivity contribution in [3.63, 3.8) is 0 Å². The van der Waals surface area contributed by atoms with Gasteiger partial charge in [-0.15, -0.1) is 0 Å². The Morgan fingerprint density at radius 3 is 1.86 bits per heavy atom. The lowest BCUT2D eigenvalue weighted by Gasteiger charge is -2.09. The highest BCUT2D eigenvalue weighted by Gasteiger charge is 1.99. The first-order valence-corrected chi connectivity index (χ1v) is 8.25. The van der Waals surface area contributed by atoms with Gasteiger partial charge in [-0.1, -0.05) is 44.5 Å². The molecule has 0 N–H and O–H groups in total. The Hall–Kier alpha value is -1.96. The molecule has 0 radical (unpaired) electrons. The smallest absolute Gasteiger partial charge is 0.119 e. The van der Waals surface area contributed by atoms with Crippen LogP contribution in [0.15, 0.2) is 48.5 Å². The van der Waals surface area contributed by atoms with Crippen molar-refractivity contribution in [2.45, 2.75) is 46.1 Å². The molecule has 0 unspecified atom stereocenters. The number of unbranched alkanes of at least 4 members (excludes halogenated alkanes) is 1. The van der Waals surface area contributed by atoms with Crippen LogP contribution >= 0.6 is 0 Å². The predicted octanol–water partition coefficient (Wildman–Crippen LogP) is 5.40. The van der Waals surface area contributed by atoms with Crippen molar-refractivity contribution in [3.05, 3.63) is 59.7 Å². The zero-order valence-electron chi connectivity index (χ0n) is 13.7. The third kappa shape index (κ3) is 5.44. The molecular weight excluding hydrogens is 272 g/mol.